The molecule has 0 aliphatic carbocycles. The molecule has 0 radical (unpaired) electrons. The van der Waals surface area contributed by atoms with Crippen LogP contribution in [-0.2, 0) is 4.79 Å². The molecule has 29 heavy (non-hydrogen) atoms. The summed E-state index contributed by atoms with van der Waals surface area (Å²) in [6.07, 6.45) is 3.14. The van der Waals surface area contributed by atoms with Gasteiger partial charge in [-0.3, -0.25) is 4.79 Å². The van der Waals surface area contributed by atoms with Crippen LogP contribution in [0.5, 0.6) is 0 Å². The Kier molecular flexibility index (Phi) is 4.35. The molecule has 5 heteroatoms. The molecule has 2 heterocycles. The Morgan fingerprint density at radius 1 is 1.00 bits per heavy atom. The van der Waals surface area contributed by atoms with Gasteiger partial charge in [0.25, 0.3) is 0 Å². The first-order chi connectivity index (χ1) is 14.2. The number of carboxylic acid groups (broad SMARTS) is 1. The van der Waals surface area contributed by atoms with Crippen molar-refractivity contribution in [1.29, 1.82) is 0 Å². The zero-order valence-electron chi connectivity index (χ0n) is 16.0. The van der Waals surface area contributed by atoms with E-state index in [0.29, 0.717) is 13.0 Å². The Balaban J connectivity index is 1.67. The lowest BCUT2D eigenvalue weighted by Gasteiger charge is -2.32. The maximum atomic E-state index is 11.5. The van der Waals surface area contributed by atoms with Crippen molar-refractivity contribution in [2.75, 3.05) is 18.0 Å². The predicted octanol–water partition coefficient (Wildman–Crippen LogP) is 4.75. The van der Waals surface area contributed by atoms with Crippen LogP contribution in [-0.4, -0.2) is 34.1 Å². The van der Waals surface area contributed by atoms with Crippen molar-refractivity contribution in [2.24, 2.45) is 5.92 Å². The lowest BCUT2D eigenvalue weighted by molar-refractivity contribution is -0.141. The van der Waals surface area contributed by atoms with Crippen molar-refractivity contribution in [3.05, 3.63) is 67.0 Å². The molecule has 1 atom stereocenters. The van der Waals surface area contributed by atoms with Crippen molar-refractivity contribution >= 4 is 33.5 Å². The third-order valence-electron chi connectivity index (χ3n) is 5.77. The third-order valence-corrected chi connectivity index (χ3v) is 5.77. The maximum absolute atomic E-state index is 11.5. The third kappa shape index (κ3) is 3.18. The molecule has 144 valence electrons. The van der Waals surface area contributed by atoms with Gasteiger partial charge in [0, 0.05) is 13.1 Å². The molecule has 5 rings (SSSR count). The van der Waals surface area contributed by atoms with Crippen LogP contribution in [0.1, 0.15) is 12.8 Å². The highest BCUT2D eigenvalue weighted by atomic mass is 16.4. The summed E-state index contributed by atoms with van der Waals surface area (Å²) in [5, 5.41) is 12.9. The van der Waals surface area contributed by atoms with Gasteiger partial charge >= 0.3 is 5.97 Å². The summed E-state index contributed by atoms with van der Waals surface area (Å²) in [5.74, 6) is -0.269. The Morgan fingerprint density at radius 3 is 2.72 bits per heavy atom. The van der Waals surface area contributed by atoms with Gasteiger partial charge in [0.15, 0.2) is 0 Å². The minimum absolute atomic E-state index is 0.360. The quantitative estimate of drug-likeness (QED) is 0.553. The summed E-state index contributed by atoms with van der Waals surface area (Å²) in [6.45, 7) is 1.29. The Morgan fingerprint density at radius 2 is 1.86 bits per heavy atom. The van der Waals surface area contributed by atoms with E-state index in [4.69, 9.17) is 0 Å². The van der Waals surface area contributed by atoms with E-state index in [2.05, 4.69) is 51.3 Å². The van der Waals surface area contributed by atoms with Crippen LogP contribution in [0.3, 0.4) is 0 Å². The number of benzene rings is 3. The van der Waals surface area contributed by atoms with E-state index in [9.17, 15) is 9.90 Å². The van der Waals surface area contributed by atoms with Gasteiger partial charge in [-0.1, -0.05) is 48.5 Å². The molecule has 0 saturated carbocycles. The maximum Gasteiger partial charge on any atom is 0.308 e. The largest absolute Gasteiger partial charge is 0.481 e. The highest BCUT2D eigenvalue weighted by Gasteiger charge is 2.27. The lowest BCUT2D eigenvalue weighted by atomic mass is 9.95. The average molecular weight is 383 g/mol. The van der Waals surface area contributed by atoms with Crippen LogP contribution in [0, 0.1) is 5.92 Å². The number of hydrogen-bond donors (Lipinski definition) is 1. The molecule has 0 bridgehead atoms. The van der Waals surface area contributed by atoms with Gasteiger partial charge in [-0.2, -0.15) is 0 Å². The Bertz CT molecular complexity index is 1220. The summed E-state index contributed by atoms with van der Waals surface area (Å²) in [5.41, 5.74) is 3.05. The van der Waals surface area contributed by atoms with Gasteiger partial charge in [0.1, 0.15) is 12.1 Å². The number of nitrogens with zero attached hydrogens (tertiary/aromatic N) is 3. The fourth-order valence-corrected chi connectivity index (χ4v) is 4.30. The predicted molar refractivity (Wildman–Crippen MR) is 115 cm³/mol. The van der Waals surface area contributed by atoms with Crippen molar-refractivity contribution in [3.8, 4) is 11.1 Å². The second kappa shape index (κ2) is 7.17. The number of carbonyl (C=O) groups is 1. The van der Waals surface area contributed by atoms with E-state index in [1.54, 1.807) is 6.33 Å². The smallest absolute Gasteiger partial charge is 0.308 e. The van der Waals surface area contributed by atoms with E-state index in [0.717, 1.165) is 40.8 Å². The van der Waals surface area contributed by atoms with E-state index in [-0.39, 0.29) is 5.92 Å². The highest BCUT2D eigenvalue weighted by Crippen LogP contribution is 2.36. The number of piperidine rings is 1. The van der Waals surface area contributed by atoms with Crippen molar-refractivity contribution < 1.29 is 9.90 Å². The second-order valence-electron chi connectivity index (χ2n) is 7.58. The molecule has 1 fully saturated rings. The SMILES string of the molecule is O=C(O)C1CCCN(c2ncnc3cccc(-c4ccc5ccccc5c4)c23)C1. The molecule has 1 aromatic heterocycles. The number of aromatic nitrogens is 2. The fraction of sp³-hybridized carbons (Fsp3) is 0.208. The van der Waals surface area contributed by atoms with Crippen LogP contribution in [0.25, 0.3) is 32.8 Å². The lowest BCUT2D eigenvalue weighted by Crippen LogP contribution is -2.39. The minimum Gasteiger partial charge on any atom is -0.481 e. The molecule has 1 aliphatic heterocycles. The molecule has 0 spiro atoms. The van der Waals surface area contributed by atoms with Gasteiger partial charge in [-0.25, -0.2) is 9.97 Å². The molecule has 1 N–H and O–H groups in total. The van der Waals surface area contributed by atoms with Crippen LogP contribution in [0.2, 0.25) is 0 Å². The van der Waals surface area contributed by atoms with E-state index >= 15 is 0 Å². The molecule has 1 saturated heterocycles. The Labute approximate surface area is 168 Å². The first-order valence-electron chi connectivity index (χ1n) is 9.91. The number of rotatable bonds is 3. The molecule has 0 amide bonds. The normalized spacial score (nSPS) is 17.0. The van der Waals surface area contributed by atoms with Crippen LogP contribution in [0.15, 0.2) is 67.0 Å². The zero-order chi connectivity index (χ0) is 19.8. The standard InChI is InChI=1S/C24H21N3O2/c28-24(29)19-7-4-12-27(14-19)23-22-20(8-3-9-21(22)25-15-26-23)18-11-10-16-5-1-2-6-17(16)13-18/h1-3,5-6,8-11,13,15,19H,4,7,12,14H2,(H,28,29). The molecule has 1 aliphatic rings. The van der Waals surface area contributed by atoms with Crippen LogP contribution in [0.4, 0.5) is 5.82 Å². The number of carboxylic acids is 1. The van der Waals surface area contributed by atoms with Gasteiger partial charge in [0.2, 0.25) is 0 Å². The molecular weight excluding hydrogens is 362 g/mol. The van der Waals surface area contributed by atoms with Crippen molar-refractivity contribution in [2.45, 2.75) is 12.8 Å². The summed E-state index contributed by atoms with van der Waals surface area (Å²) < 4.78 is 0. The number of aliphatic carboxylic acids is 1. The van der Waals surface area contributed by atoms with Gasteiger partial charge in [-0.05, 0) is 46.9 Å². The molecular formula is C24H21N3O2. The molecule has 3 aromatic carbocycles. The van der Waals surface area contributed by atoms with Crippen LogP contribution >= 0.6 is 0 Å². The summed E-state index contributed by atoms with van der Waals surface area (Å²) >= 11 is 0. The van der Waals surface area contributed by atoms with Crippen molar-refractivity contribution in [3.63, 3.8) is 0 Å². The minimum atomic E-state index is -0.734. The van der Waals surface area contributed by atoms with Crippen molar-refractivity contribution in [1.82, 2.24) is 9.97 Å². The topological polar surface area (TPSA) is 66.3 Å². The molecule has 4 aromatic rings. The first kappa shape index (κ1) is 17.6. The van der Waals surface area contributed by atoms with Crippen LogP contribution < -0.4 is 4.90 Å². The zero-order valence-corrected chi connectivity index (χ0v) is 16.0. The number of fused-ring (bicyclic) bond motifs is 2. The second-order valence-corrected chi connectivity index (χ2v) is 7.58. The van der Waals surface area contributed by atoms with Gasteiger partial charge < -0.3 is 10.0 Å². The molecule has 1 unspecified atom stereocenters. The molecule has 5 nitrogen and oxygen atoms in total. The number of anilines is 1. The Hall–Kier alpha value is -3.47. The fourth-order valence-electron chi connectivity index (χ4n) is 4.30. The van der Waals surface area contributed by atoms with Gasteiger partial charge in [-0.15, -0.1) is 0 Å². The summed E-state index contributed by atoms with van der Waals surface area (Å²) in [7, 11) is 0. The number of hydrogen-bond acceptors (Lipinski definition) is 4. The van der Waals surface area contributed by atoms with E-state index in [1.165, 1.54) is 10.8 Å². The van der Waals surface area contributed by atoms with E-state index in [1.807, 2.05) is 24.3 Å². The van der Waals surface area contributed by atoms with E-state index < -0.39 is 5.97 Å². The first-order valence-corrected chi connectivity index (χ1v) is 9.91. The highest BCUT2D eigenvalue weighted by molar-refractivity contribution is 6.03. The summed E-state index contributed by atoms with van der Waals surface area (Å²) in [4.78, 5) is 22.7. The van der Waals surface area contributed by atoms with Gasteiger partial charge in [0.05, 0.1) is 16.8 Å². The average Bonchev–Trinajstić information content (AvgIpc) is 2.78. The monoisotopic (exact) mass is 383 g/mol. The summed E-state index contributed by atoms with van der Waals surface area (Å²) in [6, 6.07) is 20.9.